The van der Waals surface area contributed by atoms with Gasteiger partial charge >= 0.3 is 5.97 Å². The van der Waals surface area contributed by atoms with E-state index in [0.717, 1.165) is 48.6 Å². The number of esters is 1. The van der Waals surface area contributed by atoms with E-state index < -0.39 is 5.97 Å². The molecule has 0 unspecified atom stereocenters. The number of carbonyl (C=O) groups excluding carboxylic acids is 1. The highest BCUT2D eigenvalue weighted by Crippen LogP contribution is 2.28. The van der Waals surface area contributed by atoms with Crippen LogP contribution in [0.4, 0.5) is 0 Å². The molecule has 42 heavy (non-hydrogen) atoms. The van der Waals surface area contributed by atoms with Crippen LogP contribution >= 0.6 is 0 Å². The number of hydrogen-bond donors (Lipinski definition) is 0. The summed E-state index contributed by atoms with van der Waals surface area (Å²) in [6, 6.07) is 23.0. The first-order chi connectivity index (χ1) is 20.6. The van der Waals surface area contributed by atoms with Crippen LogP contribution in [0.5, 0.6) is 0 Å². The van der Waals surface area contributed by atoms with Crippen LogP contribution in [0, 0.1) is 5.92 Å². The van der Waals surface area contributed by atoms with Crippen LogP contribution in [-0.2, 0) is 15.9 Å². The summed E-state index contributed by atoms with van der Waals surface area (Å²) in [7, 11) is 1.37. The van der Waals surface area contributed by atoms with Gasteiger partial charge in [0, 0.05) is 28.4 Å². The van der Waals surface area contributed by atoms with Gasteiger partial charge in [0.15, 0.2) is 5.43 Å². The quantitative estimate of drug-likeness (QED) is 0.218. The molecule has 2 aromatic carbocycles. The van der Waals surface area contributed by atoms with E-state index in [1.54, 1.807) is 6.20 Å². The molecular weight excluding hydrogens is 526 g/mol. The third-order valence-electron chi connectivity index (χ3n) is 8.00. The minimum absolute atomic E-state index is 0.0982. The van der Waals surface area contributed by atoms with Gasteiger partial charge in [-0.1, -0.05) is 36.4 Å². The third kappa shape index (κ3) is 5.70. The normalized spacial score (nSPS) is 15.9. The van der Waals surface area contributed by atoms with Gasteiger partial charge in [0.1, 0.15) is 18.1 Å². The van der Waals surface area contributed by atoms with E-state index >= 15 is 0 Å². The maximum Gasteiger partial charge on any atom is 0.355 e. The van der Waals surface area contributed by atoms with Crippen LogP contribution in [0.25, 0.3) is 22.2 Å². The van der Waals surface area contributed by atoms with Crippen molar-refractivity contribution < 1.29 is 14.3 Å². The molecule has 1 saturated heterocycles. The number of likely N-dealkylation sites (tertiary alicyclic amines) is 1. The Morgan fingerprint density at radius 3 is 2.55 bits per heavy atom. The lowest BCUT2D eigenvalue weighted by atomic mass is 9.88. The summed E-state index contributed by atoms with van der Waals surface area (Å²) in [5, 5.41) is 0.601. The SMILES string of the molecule is COC(=O)c1c(CC2CCN(CC3=CC(c4ccccn4)=C=CCO3)CC2)c(=O)c2ccccc2n1-c1ccccc1. The predicted octanol–water partition coefficient (Wildman–Crippen LogP) is 5.58. The number of carbonyl (C=O) groups is 1. The molecule has 6 rings (SSSR count). The average molecular weight is 560 g/mol. The number of para-hydroxylation sites is 2. The van der Waals surface area contributed by atoms with Gasteiger partial charge in [0.25, 0.3) is 0 Å². The van der Waals surface area contributed by atoms with Gasteiger partial charge in [0.05, 0.1) is 24.9 Å². The van der Waals surface area contributed by atoms with E-state index in [0.29, 0.717) is 41.7 Å². The number of rotatable bonds is 7. The summed E-state index contributed by atoms with van der Waals surface area (Å²) < 4.78 is 13.1. The Hall–Kier alpha value is -4.71. The lowest BCUT2D eigenvalue weighted by Gasteiger charge is -2.32. The molecular formula is C35H33N3O4. The number of allylic oxidation sites excluding steroid dienone is 1. The molecule has 4 heterocycles. The van der Waals surface area contributed by atoms with Crippen LogP contribution in [0.1, 0.15) is 34.6 Å². The van der Waals surface area contributed by atoms with Gasteiger partial charge in [0.2, 0.25) is 0 Å². The number of methoxy groups -OCH3 is 1. The van der Waals surface area contributed by atoms with Crippen molar-refractivity contribution in [2.75, 3.05) is 33.4 Å². The number of fused-ring (bicyclic) bond motifs is 1. The topological polar surface area (TPSA) is 73.7 Å². The first-order valence-corrected chi connectivity index (χ1v) is 14.3. The van der Waals surface area contributed by atoms with Crippen LogP contribution in [-0.4, -0.2) is 53.8 Å². The highest BCUT2D eigenvalue weighted by Gasteiger charge is 2.28. The van der Waals surface area contributed by atoms with E-state index in [-0.39, 0.29) is 11.3 Å². The smallest absolute Gasteiger partial charge is 0.355 e. The number of ether oxygens (including phenoxy) is 2. The number of nitrogens with zero attached hydrogens (tertiary/aromatic N) is 3. The second-order valence-electron chi connectivity index (χ2n) is 10.7. The molecule has 1 fully saturated rings. The van der Waals surface area contributed by atoms with Gasteiger partial charge in [-0.15, -0.1) is 5.73 Å². The molecule has 0 radical (unpaired) electrons. The van der Waals surface area contributed by atoms with Gasteiger partial charge in [-0.2, -0.15) is 0 Å². The molecule has 2 aromatic heterocycles. The van der Waals surface area contributed by atoms with Crippen molar-refractivity contribution in [2.45, 2.75) is 19.3 Å². The number of piperidine rings is 1. The molecule has 0 spiro atoms. The van der Waals surface area contributed by atoms with E-state index in [1.807, 2.05) is 89.5 Å². The highest BCUT2D eigenvalue weighted by atomic mass is 16.5. The van der Waals surface area contributed by atoms with Gasteiger partial charge < -0.3 is 14.0 Å². The van der Waals surface area contributed by atoms with Crippen molar-refractivity contribution in [3.05, 3.63) is 130 Å². The Bertz CT molecular complexity index is 1740. The Morgan fingerprint density at radius 1 is 1.02 bits per heavy atom. The number of hydrogen-bond acceptors (Lipinski definition) is 6. The molecule has 7 nitrogen and oxygen atoms in total. The lowest BCUT2D eigenvalue weighted by molar-refractivity contribution is 0.0589. The zero-order chi connectivity index (χ0) is 28.9. The van der Waals surface area contributed by atoms with Crippen molar-refractivity contribution in [3.8, 4) is 5.69 Å². The first kappa shape index (κ1) is 27.5. The van der Waals surface area contributed by atoms with Gasteiger partial charge in [-0.05, 0) is 86.8 Å². The minimum atomic E-state index is -0.503. The van der Waals surface area contributed by atoms with Crippen molar-refractivity contribution >= 4 is 22.4 Å². The second-order valence-corrected chi connectivity index (χ2v) is 10.7. The number of benzene rings is 2. The number of aromatic nitrogens is 2. The average Bonchev–Trinajstić information content (AvgIpc) is 3.29. The van der Waals surface area contributed by atoms with E-state index in [4.69, 9.17) is 9.47 Å². The van der Waals surface area contributed by atoms with E-state index in [1.165, 1.54) is 7.11 Å². The summed E-state index contributed by atoms with van der Waals surface area (Å²) in [6.45, 7) is 2.91. The van der Waals surface area contributed by atoms with Crippen molar-refractivity contribution in [1.29, 1.82) is 0 Å². The standard InChI is InChI=1S/C35H33N3O4/c1-41-35(40)33-30(34(39)29-13-5-6-15-32(29)38(33)27-11-3-2-4-12-27)22-25-16-19-37(20-17-25)24-28-23-26(10-9-21-42-28)31-14-7-8-18-36-31/h2-9,11-15,18,23,25H,16-17,19-22,24H2,1H3. The maximum atomic E-state index is 13.9. The molecule has 2 aliphatic heterocycles. The van der Waals surface area contributed by atoms with E-state index in [9.17, 15) is 9.59 Å². The fourth-order valence-electron chi connectivity index (χ4n) is 5.90. The molecule has 7 heteroatoms. The summed E-state index contributed by atoms with van der Waals surface area (Å²) in [5.41, 5.74) is 7.32. The Kier molecular flexibility index (Phi) is 8.13. The van der Waals surface area contributed by atoms with Crippen LogP contribution in [0.2, 0.25) is 0 Å². The summed E-state index contributed by atoms with van der Waals surface area (Å²) in [6.07, 6.45) is 8.04. The molecule has 0 N–H and O–H groups in total. The van der Waals surface area contributed by atoms with Crippen LogP contribution in [0.3, 0.4) is 0 Å². The molecule has 0 aliphatic carbocycles. The van der Waals surface area contributed by atoms with Gasteiger partial charge in [-0.25, -0.2) is 4.79 Å². The highest BCUT2D eigenvalue weighted by molar-refractivity contribution is 5.95. The third-order valence-corrected chi connectivity index (χ3v) is 8.00. The predicted molar refractivity (Wildman–Crippen MR) is 164 cm³/mol. The first-order valence-electron chi connectivity index (χ1n) is 14.3. The molecule has 0 saturated carbocycles. The van der Waals surface area contributed by atoms with Gasteiger partial charge in [-0.3, -0.25) is 14.7 Å². The fraction of sp³-hybridized carbons (Fsp3) is 0.257. The molecule has 4 aromatic rings. The summed E-state index contributed by atoms with van der Waals surface area (Å²) in [4.78, 5) is 34.0. The number of pyridine rings is 2. The van der Waals surface area contributed by atoms with Crippen molar-refractivity contribution in [2.24, 2.45) is 5.92 Å². The Balaban J connectivity index is 1.24. The largest absolute Gasteiger partial charge is 0.492 e. The molecule has 0 atom stereocenters. The summed E-state index contributed by atoms with van der Waals surface area (Å²) in [5.74, 6) is 0.651. The lowest BCUT2D eigenvalue weighted by Crippen LogP contribution is -2.37. The molecule has 0 amide bonds. The molecule has 2 aliphatic rings. The summed E-state index contributed by atoms with van der Waals surface area (Å²) >= 11 is 0. The second kappa shape index (κ2) is 12.4. The minimum Gasteiger partial charge on any atom is -0.492 e. The Morgan fingerprint density at radius 2 is 1.79 bits per heavy atom. The fourth-order valence-corrected chi connectivity index (χ4v) is 5.90. The van der Waals surface area contributed by atoms with Crippen molar-refractivity contribution in [3.63, 3.8) is 0 Å². The van der Waals surface area contributed by atoms with Crippen LogP contribution in [0.15, 0.2) is 107 Å². The Labute approximate surface area is 245 Å². The molecule has 0 bridgehead atoms. The van der Waals surface area contributed by atoms with E-state index in [2.05, 4.69) is 15.6 Å². The zero-order valence-electron chi connectivity index (χ0n) is 23.7. The van der Waals surface area contributed by atoms with Crippen molar-refractivity contribution in [1.82, 2.24) is 14.5 Å². The van der Waals surface area contributed by atoms with Crippen LogP contribution < -0.4 is 5.43 Å². The zero-order valence-corrected chi connectivity index (χ0v) is 23.7. The maximum absolute atomic E-state index is 13.9. The molecule has 212 valence electrons. The monoisotopic (exact) mass is 559 g/mol.